The van der Waals surface area contributed by atoms with Gasteiger partial charge in [-0.1, -0.05) is 0 Å². The Morgan fingerprint density at radius 1 is 1.12 bits per heavy atom. The van der Waals surface area contributed by atoms with Crippen molar-refractivity contribution in [1.82, 2.24) is 4.31 Å². The van der Waals surface area contributed by atoms with Crippen LogP contribution in [-0.4, -0.2) is 47.0 Å². The second-order valence-corrected chi connectivity index (χ2v) is 6.05. The normalized spacial score (nSPS) is 11.8. The number of anilines is 1. The molecule has 17 heavy (non-hydrogen) atoms. The number of likely N-dealkylation sites (N-methyl/N-ethyl adjacent to an activating group) is 1. The van der Waals surface area contributed by atoms with Crippen LogP contribution in [0.1, 0.15) is 0 Å². The lowest BCUT2D eigenvalue weighted by molar-refractivity contribution is 0.476. The summed E-state index contributed by atoms with van der Waals surface area (Å²) in [5.41, 5.74) is 6.32. The minimum atomic E-state index is -3.41. The van der Waals surface area contributed by atoms with Gasteiger partial charge in [-0.15, -0.1) is 0 Å². The van der Waals surface area contributed by atoms with E-state index >= 15 is 0 Å². The van der Waals surface area contributed by atoms with Crippen molar-refractivity contribution >= 4 is 15.7 Å². The Morgan fingerprint density at radius 2 is 1.65 bits per heavy atom. The minimum Gasteiger partial charge on any atom is -0.378 e. The van der Waals surface area contributed by atoms with Gasteiger partial charge in [-0.05, 0) is 24.3 Å². The first-order chi connectivity index (χ1) is 7.89. The summed E-state index contributed by atoms with van der Waals surface area (Å²) in [5, 5.41) is 0. The average molecular weight is 257 g/mol. The zero-order chi connectivity index (χ0) is 13.1. The van der Waals surface area contributed by atoms with Gasteiger partial charge in [-0.25, -0.2) is 8.42 Å². The number of hydrogen-bond acceptors (Lipinski definition) is 4. The molecule has 0 heterocycles. The van der Waals surface area contributed by atoms with Gasteiger partial charge in [0.2, 0.25) is 10.0 Å². The lowest BCUT2D eigenvalue weighted by Crippen LogP contribution is -2.31. The summed E-state index contributed by atoms with van der Waals surface area (Å²) in [6.07, 6.45) is 0. The molecule has 0 spiro atoms. The van der Waals surface area contributed by atoms with Crippen LogP contribution in [0.25, 0.3) is 0 Å². The third-order valence-electron chi connectivity index (χ3n) is 2.51. The second kappa shape index (κ2) is 5.48. The fourth-order valence-corrected chi connectivity index (χ4v) is 2.58. The Balaban J connectivity index is 3.00. The fraction of sp³-hybridized carbons (Fsp3) is 0.455. The minimum absolute atomic E-state index is 0.291. The first-order valence-electron chi connectivity index (χ1n) is 5.33. The van der Waals surface area contributed by atoms with Crippen LogP contribution in [0, 0.1) is 0 Å². The Labute approximate surface area is 103 Å². The van der Waals surface area contributed by atoms with Crippen LogP contribution in [-0.2, 0) is 10.0 Å². The summed E-state index contributed by atoms with van der Waals surface area (Å²) < 4.78 is 25.4. The van der Waals surface area contributed by atoms with E-state index in [0.29, 0.717) is 18.0 Å². The SMILES string of the molecule is CN(C)c1ccc(S(=O)(=O)N(C)CCN)cc1. The molecule has 1 rings (SSSR count). The van der Waals surface area contributed by atoms with Gasteiger partial charge in [0.1, 0.15) is 0 Å². The van der Waals surface area contributed by atoms with Crippen molar-refractivity contribution in [2.75, 3.05) is 39.1 Å². The third-order valence-corrected chi connectivity index (χ3v) is 4.38. The van der Waals surface area contributed by atoms with Crippen molar-refractivity contribution in [1.29, 1.82) is 0 Å². The van der Waals surface area contributed by atoms with Crippen LogP contribution in [0.2, 0.25) is 0 Å². The van der Waals surface area contributed by atoms with Crippen LogP contribution in [0.15, 0.2) is 29.2 Å². The van der Waals surface area contributed by atoms with Crippen molar-refractivity contribution in [2.24, 2.45) is 5.73 Å². The first kappa shape index (κ1) is 14.0. The van der Waals surface area contributed by atoms with Crippen LogP contribution in [0.3, 0.4) is 0 Å². The highest BCUT2D eigenvalue weighted by molar-refractivity contribution is 7.89. The Kier molecular flexibility index (Phi) is 4.50. The van der Waals surface area contributed by atoms with Crippen LogP contribution >= 0.6 is 0 Å². The quantitative estimate of drug-likeness (QED) is 0.825. The monoisotopic (exact) mass is 257 g/mol. The predicted octanol–water partition coefficient (Wildman–Crippen LogP) is 0.332. The third kappa shape index (κ3) is 3.18. The molecular weight excluding hydrogens is 238 g/mol. The second-order valence-electron chi connectivity index (χ2n) is 4.00. The molecule has 0 saturated heterocycles. The van der Waals surface area contributed by atoms with E-state index in [1.165, 1.54) is 11.4 Å². The van der Waals surface area contributed by atoms with E-state index in [4.69, 9.17) is 5.73 Å². The average Bonchev–Trinajstić information content (AvgIpc) is 2.29. The molecule has 0 bridgehead atoms. The maximum atomic E-state index is 12.1. The summed E-state index contributed by atoms with van der Waals surface area (Å²) in [6.45, 7) is 0.628. The molecule has 0 aromatic heterocycles. The number of benzene rings is 1. The molecule has 0 saturated carbocycles. The predicted molar refractivity (Wildman–Crippen MR) is 69.6 cm³/mol. The molecule has 0 fully saturated rings. The van der Waals surface area contributed by atoms with Gasteiger partial charge in [0.05, 0.1) is 4.90 Å². The van der Waals surface area contributed by atoms with Crippen molar-refractivity contribution < 1.29 is 8.42 Å². The van der Waals surface area contributed by atoms with E-state index in [1.807, 2.05) is 19.0 Å². The smallest absolute Gasteiger partial charge is 0.242 e. The van der Waals surface area contributed by atoms with Crippen LogP contribution in [0.5, 0.6) is 0 Å². The van der Waals surface area contributed by atoms with E-state index in [1.54, 1.807) is 24.3 Å². The summed E-state index contributed by atoms with van der Waals surface area (Å²) in [6, 6.07) is 6.78. The van der Waals surface area contributed by atoms with Crippen LogP contribution in [0.4, 0.5) is 5.69 Å². The van der Waals surface area contributed by atoms with Crippen molar-refractivity contribution in [3.63, 3.8) is 0 Å². The molecule has 1 aromatic carbocycles. The molecule has 0 atom stereocenters. The van der Waals surface area contributed by atoms with E-state index < -0.39 is 10.0 Å². The Bertz CT molecular complexity index is 454. The van der Waals surface area contributed by atoms with Gasteiger partial charge in [0, 0.05) is 39.9 Å². The van der Waals surface area contributed by atoms with Crippen molar-refractivity contribution in [3.05, 3.63) is 24.3 Å². The molecule has 0 amide bonds. The molecule has 0 aliphatic carbocycles. The molecule has 6 heteroatoms. The molecule has 1 aromatic rings. The van der Waals surface area contributed by atoms with Gasteiger partial charge in [-0.3, -0.25) is 0 Å². The summed E-state index contributed by atoms with van der Waals surface area (Å²) in [5.74, 6) is 0. The highest BCUT2D eigenvalue weighted by atomic mass is 32.2. The fourth-order valence-electron chi connectivity index (χ4n) is 1.40. The van der Waals surface area contributed by atoms with Gasteiger partial charge < -0.3 is 10.6 Å². The van der Waals surface area contributed by atoms with Crippen molar-refractivity contribution in [2.45, 2.75) is 4.90 Å². The van der Waals surface area contributed by atoms with Gasteiger partial charge in [0.25, 0.3) is 0 Å². The maximum absolute atomic E-state index is 12.1. The van der Waals surface area contributed by atoms with Crippen LogP contribution < -0.4 is 10.6 Å². The standard InChI is InChI=1S/C11H19N3O2S/c1-13(2)10-4-6-11(7-5-10)17(15,16)14(3)9-8-12/h4-7H,8-9,12H2,1-3H3. The van der Waals surface area contributed by atoms with E-state index in [2.05, 4.69) is 0 Å². The maximum Gasteiger partial charge on any atom is 0.242 e. The van der Waals surface area contributed by atoms with Gasteiger partial charge in [-0.2, -0.15) is 4.31 Å². The lowest BCUT2D eigenvalue weighted by Gasteiger charge is -2.17. The Morgan fingerprint density at radius 3 is 2.06 bits per heavy atom. The molecule has 0 unspecified atom stereocenters. The zero-order valence-electron chi connectivity index (χ0n) is 10.4. The van der Waals surface area contributed by atoms with E-state index in [-0.39, 0.29) is 0 Å². The Hall–Kier alpha value is -1.11. The molecule has 0 aliphatic heterocycles. The highest BCUT2D eigenvalue weighted by Crippen LogP contribution is 2.18. The molecule has 0 aliphatic rings. The molecular formula is C11H19N3O2S. The summed E-state index contributed by atoms with van der Waals surface area (Å²) >= 11 is 0. The molecule has 2 N–H and O–H groups in total. The topological polar surface area (TPSA) is 66.6 Å². The number of sulfonamides is 1. The molecule has 96 valence electrons. The lowest BCUT2D eigenvalue weighted by atomic mass is 10.3. The highest BCUT2D eigenvalue weighted by Gasteiger charge is 2.19. The zero-order valence-corrected chi connectivity index (χ0v) is 11.2. The van der Waals surface area contributed by atoms with Gasteiger partial charge >= 0.3 is 0 Å². The number of hydrogen-bond donors (Lipinski definition) is 1. The molecule has 5 nitrogen and oxygen atoms in total. The summed E-state index contributed by atoms with van der Waals surface area (Å²) in [4.78, 5) is 2.21. The van der Waals surface area contributed by atoms with E-state index in [0.717, 1.165) is 5.69 Å². The van der Waals surface area contributed by atoms with Crippen molar-refractivity contribution in [3.8, 4) is 0 Å². The van der Waals surface area contributed by atoms with Gasteiger partial charge in [0.15, 0.2) is 0 Å². The number of nitrogens with zero attached hydrogens (tertiary/aromatic N) is 2. The van der Waals surface area contributed by atoms with E-state index in [9.17, 15) is 8.42 Å². The number of rotatable bonds is 5. The number of nitrogens with two attached hydrogens (primary N) is 1. The largest absolute Gasteiger partial charge is 0.378 e. The summed E-state index contributed by atoms with van der Waals surface area (Å²) in [7, 11) is 1.93. The molecule has 0 radical (unpaired) electrons. The first-order valence-corrected chi connectivity index (χ1v) is 6.77.